The Hall–Kier alpha value is -1.65. The van der Waals surface area contributed by atoms with Crippen molar-refractivity contribution in [2.75, 3.05) is 11.5 Å². The zero-order chi connectivity index (χ0) is 16.9. The molecule has 25 heavy (non-hydrogen) atoms. The first-order chi connectivity index (χ1) is 11.7. The fraction of sp³-hybridized carbons (Fsp3) is 0.350. The van der Waals surface area contributed by atoms with Crippen LogP contribution in [0.2, 0.25) is 0 Å². The molecule has 1 amide bonds. The highest BCUT2D eigenvalue weighted by Gasteiger charge is 2.22. The van der Waals surface area contributed by atoms with E-state index in [1.807, 2.05) is 48.2 Å². The summed E-state index contributed by atoms with van der Waals surface area (Å²) in [7, 11) is 0. The lowest BCUT2D eigenvalue weighted by Crippen LogP contribution is -2.31. The van der Waals surface area contributed by atoms with E-state index >= 15 is 0 Å². The van der Waals surface area contributed by atoms with Crippen molar-refractivity contribution in [2.24, 2.45) is 0 Å². The van der Waals surface area contributed by atoms with Crippen molar-refractivity contribution in [2.45, 2.75) is 38.0 Å². The van der Waals surface area contributed by atoms with Crippen LogP contribution >= 0.6 is 24.2 Å². The smallest absolute Gasteiger partial charge is 0.251 e. The summed E-state index contributed by atoms with van der Waals surface area (Å²) in [6, 6.07) is 14.0. The maximum atomic E-state index is 12.6. The molecule has 2 aromatic carbocycles. The number of carbonyl (C=O) groups is 1. The van der Waals surface area contributed by atoms with E-state index < -0.39 is 0 Å². The number of nitrogens with one attached hydrogen (secondary N) is 1. The minimum absolute atomic E-state index is 0. The first-order valence-corrected chi connectivity index (χ1v) is 9.68. The zero-order valence-electron chi connectivity index (χ0n) is 14.5. The third-order valence-corrected chi connectivity index (χ3v) is 5.42. The molecule has 1 aliphatic rings. The van der Waals surface area contributed by atoms with Crippen molar-refractivity contribution in [3.63, 3.8) is 0 Å². The second-order valence-electron chi connectivity index (χ2n) is 6.21. The predicted octanol–water partition coefficient (Wildman–Crippen LogP) is 4.75. The Bertz CT molecular complexity index is 718. The fourth-order valence-corrected chi connectivity index (χ4v) is 3.83. The van der Waals surface area contributed by atoms with E-state index in [1.165, 1.54) is 16.7 Å². The molecule has 0 aliphatic heterocycles. The molecule has 0 saturated carbocycles. The summed E-state index contributed by atoms with van der Waals surface area (Å²) in [5.41, 5.74) is 11.1. The van der Waals surface area contributed by atoms with Crippen LogP contribution in [-0.4, -0.2) is 11.7 Å². The second-order valence-corrected chi connectivity index (χ2v) is 7.48. The van der Waals surface area contributed by atoms with Gasteiger partial charge in [0.05, 0.1) is 6.04 Å². The molecule has 0 aromatic heterocycles. The highest BCUT2D eigenvalue weighted by Crippen LogP contribution is 2.31. The Morgan fingerprint density at radius 3 is 2.72 bits per heavy atom. The molecule has 1 aliphatic carbocycles. The van der Waals surface area contributed by atoms with E-state index in [0.717, 1.165) is 42.0 Å². The van der Waals surface area contributed by atoms with Crippen LogP contribution in [0.5, 0.6) is 0 Å². The number of benzene rings is 2. The van der Waals surface area contributed by atoms with Crippen LogP contribution in [0.25, 0.3) is 0 Å². The fourth-order valence-electron chi connectivity index (χ4n) is 3.20. The van der Waals surface area contributed by atoms with E-state index in [-0.39, 0.29) is 24.4 Å². The molecule has 0 bridgehead atoms. The summed E-state index contributed by atoms with van der Waals surface area (Å²) in [6.45, 7) is 2.15. The van der Waals surface area contributed by atoms with Gasteiger partial charge in [-0.15, -0.1) is 12.4 Å². The lowest BCUT2D eigenvalue weighted by atomic mass is 9.87. The normalized spacial score (nSPS) is 15.8. The van der Waals surface area contributed by atoms with Crippen LogP contribution in [0, 0.1) is 0 Å². The van der Waals surface area contributed by atoms with Gasteiger partial charge in [0.25, 0.3) is 5.91 Å². The van der Waals surface area contributed by atoms with Crippen molar-refractivity contribution in [1.29, 1.82) is 0 Å². The Morgan fingerprint density at radius 1 is 1.24 bits per heavy atom. The van der Waals surface area contributed by atoms with Crippen LogP contribution in [0.3, 0.4) is 0 Å². The molecule has 0 radical (unpaired) electrons. The second kappa shape index (κ2) is 9.16. The number of hydrogen-bond donors (Lipinski definition) is 2. The predicted molar refractivity (Wildman–Crippen MR) is 110 cm³/mol. The number of fused-ring (bicyclic) bond motifs is 1. The molecule has 0 heterocycles. The van der Waals surface area contributed by atoms with Gasteiger partial charge in [0.1, 0.15) is 0 Å². The number of halogens is 1. The van der Waals surface area contributed by atoms with Gasteiger partial charge < -0.3 is 11.1 Å². The Kier molecular flexibility index (Phi) is 7.21. The molecule has 1 unspecified atom stereocenters. The lowest BCUT2D eigenvalue weighted by molar-refractivity contribution is 0.0933. The van der Waals surface area contributed by atoms with Crippen LogP contribution < -0.4 is 11.1 Å². The SMILES string of the molecule is CCSCc1ccc(C(=O)NC2CCCc3cc(N)ccc32)cc1.Cl. The summed E-state index contributed by atoms with van der Waals surface area (Å²) in [5, 5.41) is 3.19. The van der Waals surface area contributed by atoms with Crippen molar-refractivity contribution >= 4 is 35.8 Å². The summed E-state index contributed by atoms with van der Waals surface area (Å²) >= 11 is 1.89. The monoisotopic (exact) mass is 376 g/mol. The van der Waals surface area contributed by atoms with Gasteiger partial charge in [0.15, 0.2) is 0 Å². The van der Waals surface area contributed by atoms with Gasteiger partial charge in [0.2, 0.25) is 0 Å². The molecular weight excluding hydrogens is 352 g/mol. The van der Waals surface area contributed by atoms with Gasteiger partial charge in [0, 0.05) is 17.0 Å². The highest BCUT2D eigenvalue weighted by atomic mass is 35.5. The van der Waals surface area contributed by atoms with Gasteiger partial charge in [-0.1, -0.05) is 25.1 Å². The Labute approximate surface area is 160 Å². The number of thioether (sulfide) groups is 1. The zero-order valence-corrected chi connectivity index (χ0v) is 16.1. The van der Waals surface area contributed by atoms with E-state index in [0.29, 0.717) is 0 Å². The summed E-state index contributed by atoms with van der Waals surface area (Å²) in [5.74, 6) is 2.10. The van der Waals surface area contributed by atoms with Crippen molar-refractivity contribution in [3.8, 4) is 0 Å². The highest BCUT2D eigenvalue weighted by molar-refractivity contribution is 7.98. The molecule has 0 saturated heterocycles. The van der Waals surface area contributed by atoms with Crippen LogP contribution in [0.4, 0.5) is 5.69 Å². The van der Waals surface area contributed by atoms with E-state index in [1.54, 1.807) is 0 Å². The maximum Gasteiger partial charge on any atom is 0.251 e. The molecule has 0 spiro atoms. The number of anilines is 1. The molecule has 134 valence electrons. The number of aryl methyl sites for hydroxylation is 1. The van der Waals surface area contributed by atoms with Gasteiger partial charge in [-0.2, -0.15) is 11.8 Å². The van der Waals surface area contributed by atoms with E-state index in [4.69, 9.17) is 5.73 Å². The quantitative estimate of drug-likeness (QED) is 0.740. The Morgan fingerprint density at radius 2 is 2.00 bits per heavy atom. The van der Waals surface area contributed by atoms with Gasteiger partial charge in [-0.25, -0.2) is 0 Å². The summed E-state index contributed by atoms with van der Waals surface area (Å²) in [4.78, 5) is 12.6. The van der Waals surface area contributed by atoms with Crippen LogP contribution in [0.15, 0.2) is 42.5 Å². The molecule has 5 heteroatoms. The van der Waals surface area contributed by atoms with E-state index in [2.05, 4.69) is 18.3 Å². The summed E-state index contributed by atoms with van der Waals surface area (Å²) < 4.78 is 0. The molecule has 3 nitrogen and oxygen atoms in total. The first-order valence-electron chi connectivity index (χ1n) is 8.53. The van der Waals surface area contributed by atoms with Crippen molar-refractivity contribution in [1.82, 2.24) is 5.32 Å². The number of hydrogen-bond acceptors (Lipinski definition) is 3. The van der Waals surface area contributed by atoms with Gasteiger partial charge in [-0.05, 0) is 66.0 Å². The third kappa shape index (κ3) is 4.93. The molecule has 3 N–H and O–H groups in total. The standard InChI is InChI=1S/C20H24N2OS.ClH/c1-2-24-13-14-6-8-15(9-7-14)20(23)22-19-5-3-4-16-12-17(21)10-11-18(16)19;/h6-12,19H,2-5,13,21H2,1H3,(H,22,23);1H. The Balaban J connectivity index is 0.00000225. The van der Waals surface area contributed by atoms with Crippen LogP contribution in [0.1, 0.15) is 52.9 Å². The third-order valence-electron chi connectivity index (χ3n) is 4.48. The number of nitrogens with two attached hydrogens (primary N) is 1. The minimum Gasteiger partial charge on any atom is -0.399 e. The maximum absolute atomic E-state index is 12.6. The average Bonchev–Trinajstić information content (AvgIpc) is 2.60. The van der Waals surface area contributed by atoms with Gasteiger partial charge in [-0.3, -0.25) is 4.79 Å². The lowest BCUT2D eigenvalue weighted by Gasteiger charge is -2.26. The molecule has 3 rings (SSSR count). The van der Waals surface area contributed by atoms with Crippen molar-refractivity contribution < 1.29 is 4.79 Å². The summed E-state index contributed by atoms with van der Waals surface area (Å²) in [6.07, 6.45) is 3.10. The number of rotatable bonds is 5. The number of carbonyl (C=O) groups excluding carboxylic acids is 1. The average molecular weight is 377 g/mol. The number of amides is 1. The molecular formula is C20H25ClN2OS. The molecule has 2 aromatic rings. The first kappa shape index (κ1) is 19.7. The van der Waals surface area contributed by atoms with Gasteiger partial charge >= 0.3 is 0 Å². The molecule has 0 fully saturated rings. The largest absolute Gasteiger partial charge is 0.399 e. The van der Waals surface area contributed by atoms with Crippen molar-refractivity contribution in [3.05, 3.63) is 64.7 Å². The topological polar surface area (TPSA) is 55.1 Å². The van der Waals surface area contributed by atoms with Crippen LogP contribution in [-0.2, 0) is 12.2 Å². The minimum atomic E-state index is -0.000584. The number of nitrogen functional groups attached to an aromatic ring is 1. The van der Waals surface area contributed by atoms with E-state index in [9.17, 15) is 4.79 Å². The molecule has 1 atom stereocenters.